The van der Waals surface area contributed by atoms with Crippen LogP contribution in [-0.2, 0) is 27.9 Å². The molecule has 0 bridgehead atoms. The second kappa shape index (κ2) is 14.8. The Bertz CT molecular complexity index is 2270. The number of hydrogen-bond donors (Lipinski definition) is 1. The average Bonchev–Trinajstić information content (AvgIpc) is 3.98. The van der Waals surface area contributed by atoms with Crippen molar-refractivity contribution in [2.45, 2.75) is 87.4 Å². The first kappa shape index (κ1) is 38.7. The summed E-state index contributed by atoms with van der Waals surface area (Å²) in [6.45, 7) is -0.141. The summed E-state index contributed by atoms with van der Waals surface area (Å²) in [6, 6.07) is 10.5. The SMILES string of the molecule is C[C@H](C(=O)N(Cc1cc(C2CC2)cc(C2CC2)c1)c1ccc(C(=O)O)cc1OC1CC1)N(Cc1ccc(F)cc1Cl)S(=O)(=O)c1c(F)c(F)c(F)c(F)c1F. The molecule has 4 aromatic carbocycles. The Morgan fingerprint density at radius 2 is 1.38 bits per heavy atom. The number of benzene rings is 4. The minimum atomic E-state index is -5.81. The van der Waals surface area contributed by atoms with Crippen LogP contribution in [0.15, 0.2) is 59.5 Å². The number of sulfonamides is 1. The first-order chi connectivity index (χ1) is 26.0. The molecular formula is C39H33ClF6N2O6S. The van der Waals surface area contributed by atoms with Crippen molar-refractivity contribution in [3.63, 3.8) is 0 Å². The number of carboxylic acids is 1. The molecule has 0 aromatic heterocycles. The van der Waals surface area contributed by atoms with Crippen LogP contribution < -0.4 is 9.64 Å². The van der Waals surface area contributed by atoms with Gasteiger partial charge in [0.25, 0.3) is 0 Å². The highest BCUT2D eigenvalue weighted by Gasteiger charge is 2.43. The van der Waals surface area contributed by atoms with Gasteiger partial charge in [-0.3, -0.25) is 4.79 Å². The van der Waals surface area contributed by atoms with Crippen LogP contribution in [-0.4, -0.2) is 41.9 Å². The summed E-state index contributed by atoms with van der Waals surface area (Å²) in [5.74, 6) is -15.5. The van der Waals surface area contributed by atoms with E-state index < -0.39 is 74.3 Å². The maximum atomic E-state index is 15.2. The predicted molar refractivity (Wildman–Crippen MR) is 188 cm³/mol. The summed E-state index contributed by atoms with van der Waals surface area (Å²) in [7, 11) is -5.81. The van der Waals surface area contributed by atoms with Crippen molar-refractivity contribution in [2.24, 2.45) is 0 Å². The first-order valence-electron chi connectivity index (χ1n) is 17.5. The largest absolute Gasteiger partial charge is 0.488 e. The van der Waals surface area contributed by atoms with Crippen LogP contribution in [0.3, 0.4) is 0 Å². The third-order valence-corrected chi connectivity index (χ3v) is 12.2. The van der Waals surface area contributed by atoms with E-state index in [2.05, 4.69) is 6.07 Å². The summed E-state index contributed by atoms with van der Waals surface area (Å²) in [5, 5.41) is 9.41. The van der Waals surface area contributed by atoms with Crippen LogP contribution in [0.2, 0.25) is 5.02 Å². The lowest BCUT2D eigenvalue weighted by Crippen LogP contribution is -2.49. The zero-order chi connectivity index (χ0) is 39.5. The summed E-state index contributed by atoms with van der Waals surface area (Å²) < 4.78 is 122. The molecule has 1 N–H and O–H groups in total. The van der Waals surface area contributed by atoms with Crippen molar-refractivity contribution in [1.82, 2.24) is 4.31 Å². The Kier molecular flexibility index (Phi) is 10.4. The van der Waals surface area contributed by atoms with E-state index in [4.69, 9.17) is 16.3 Å². The van der Waals surface area contributed by atoms with Crippen LogP contribution >= 0.6 is 11.6 Å². The highest BCUT2D eigenvalue weighted by Crippen LogP contribution is 2.46. The third kappa shape index (κ3) is 7.92. The molecule has 3 saturated carbocycles. The molecule has 0 unspecified atom stereocenters. The molecule has 0 heterocycles. The molecule has 16 heteroatoms. The van der Waals surface area contributed by atoms with Gasteiger partial charge in [0.15, 0.2) is 28.2 Å². The van der Waals surface area contributed by atoms with Gasteiger partial charge < -0.3 is 14.7 Å². The number of ether oxygens (including phenoxy) is 1. The van der Waals surface area contributed by atoms with Gasteiger partial charge >= 0.3 is 5.97 Å². The van der Waals surface area contributed by atoms with E-state index in [9.17, 15) is 40.7 Å². The Morgan fingerprint density at radius 3 is 1.91 bits per heavy atom. The quantitative estimate of drug-likeness (QED) is 0.0776. The van der Waals surface area contributed by atoms with Gasteiger partial charge in [-0.25, -0.2) is 39.6 Å². The lowest BCUT2D eigenvalue weighted by atomic mass is 9.99. The van der Waals surface area contributed by atoms with Crippen molar-refractivity contribution in [1.29, 1.82) is 0 Å². The number of anilines is 1. The number of carboxylic acid groups (broad SMARTS) is 1. The average molecular weight is 807 g/mol. The van der Waals surface area contributed by atoms with Crippen molar-refractivity contribution in [3.8, 4) is 5.75 Å². The standard InChI is InChI=1S/C39H33ClF6N2O6S/c1-19(48(18-24-6-8-27(41)16-29(24)40)55(52,53)37-35(45)33(43)32(42)34(44)36(37)46)38(49)47(30-11-7-23(39(50)51)15-31(30)54-28-9-10-28)17-20-12-25(21-2-3-21)14-26(13-20)22-4-5-22/h6-8,11-16,19,21-22,28H,2-5,9-10,17-18H2,1H3,(H,50,51)/t19-/m1/s1. The van der Waals surface area contributed by atoms with Gasteiger partial charge in [-0.15, -0.1) is 0 Å². The fourth-order valence-electron chi connectivity index (χ4n) is 6.46. The fourth-order valence-corrected chi connectivity index (χ4v) is 8.37. The first-order valence-corrected chi connectivity index (χ1v) is 19.3. The Morgan fingerprint density at radius 1 is 0.800 bits per heavy atom. The van der Waals surface area contributed by atoms with E-state index in [-0.39, 0.29) is 44.5 Å². The number of nitrogens with zero attached hydrogens (tertiary/aromatic N) is 2. The van der Waals surface area contributed by atoms with E-state index in [1.54, 1.807) is 0 Å². The third-order valence-electron chi connectivity index (χ3n) is 9.92. The van der Waals surface area contributed by atoms with Crippen LogP contribution in [0, 0.1) is 34.9 Å². The second-order valence-corrected chi connectivity index (χ2v) is 16.4. The van der Waals surface area contributed by atoms with Crippen molar-refractivity contribution >= 4 is 39.2 Å². The molecule has 0 radical (unpaired) electrons. The highest BCUT2D eigenvalue weighted by molar-refractivity contribution is 7.89. The Balaban J connectivity index is 1.38. The van der Waals surface area contributed by atoms with E-state index in [1.807, 2.05) is 12.1 Å². The maximum Gasteiger partial charge on any atom is 0.335 e. The number of rotatable bonds is 14. The lowest BCUT2D eigenvalue weighted by Gasteiger charge is -2.33. The molecule has 1 atom stereocenters. The zero-order valence-corrected chi connectivity index (χ0v) is 30.7. The molecule has 1 amide bonds. The molecule has 0 spiro atoms. The number of aromatic carboxylic acids is 1. The van der Waals surface area contributed by atoms with E-state index in [0.717, 1.165) is 66.8 Å². The topological polar surface area (TPSA) is 104 Å². The van der Waals surface area contributed by atoms with Crippen LogP contribution in [0.4, 0.5) is 32.0 Å². The Hall–Kier alpha value is -4.60. The smallest absolute Gasteiger partial charge is 0.335 e. The summed E-state index contributed by atoms with van der Waals surface area (Å²) in [5.41, 5.74) is 2.44. The second-order valence-electron chi connectivity index (χ2n) is 14.1. The summed E-state index contributed by atoms with van der Waals surface area (Å²) in [4.78, 5) is 25.9. The molecule has 3 aliphatic carbocycles. The normalized spacial score (nSPS) is 16.3. The fraction of sp³-hybridized carbons (Fsp3) is 0.333. The number of hydrogen-bond acceptors (Lipinski definition) is 5. The molecule has 3 fully saturated rings. The number of carbonyl (C=O) groups excluding carboxylic acids is 1. The molecule has 7 rings (SSSR count). The van der Waals surface area contributed by atoms with Crippen molar-refractivity contribution in [2.75, 3.05) is 4.90 Å². The number of halogens is 7. The summed E-state index contributed by atoms with van der Waals surface area (Å²) in [6.07, 6.45) is 4.87. The van der Waals surface area contributed by atoms with Gasteiger partial charge in [0.05, 0.1) is 23.9 Å². The number of carbonyl (C=O) groups is 2. The Labute approximate surface area is 317 Å². The predicted octanol–water partition coefficient (Wildman–Crippen LogP) is 8.98. The molecule has 0 aliphatic heterocycles. The maximum absolute atomic E-state index is 15.2. The molecule has 3 aliphatic rings. The van der Waals surface area contributed by atoms with Gasteiger partial charge in [0, 0.05) is 11.6 Å². The van der Waals surface area contributed by atoms with E-state index >= 15 is 8.78 Å². The van der Waals surface area contributed by atoms with Gasteiger partial charge in [-0.1, -0.05) is 35.9 Å². The van der Waals surface area contributed by atoms with Crippen LogP contribution in [0.1, 0.15) is 89.9 Å². The van der Waals surface area contributed by atoms with Crippen molar-refractivity contribution in [3.05, 3.63) is 122 Å². The molecule has 55 heavy (non-hydrogen) atoms. The molecule has 8 nitrogen and oxygen atoms in total. The molecular weight excluding hydrogens is 774 g/mol. The van der Waals surface area contributed by atoms with Crippen LogP contribution in [0.25, 0.3) is 0 Å². The van der Waals surface area contributed by atoms with Gasteiger partial charge in [0.1, 0.15) is 17.6 Å². The summed E-state index contributed by atoms with van der Waals surface area (Å²) >= 11 is 6.22. The zero-order valence-electron chi connectivity index (χ0n) is 29.1. The van der Waals surface area contributed by atoms with Crippen LogP contribution in [0.5, 0.6) is 5.75 Å². The van der Waals surface area contributed by atoms with E-state index in [1.165, 1.54) is 18.2 Å². The lowest BCUT2D eigenvalue weighted by molar-refractivity contribution is -0.122. The highest BCUT2D eigenvalue weighted by atomic mass is 35.5. The molecule has 4 aromatic rings. The van der Waals surface area contributed by atoms with Gasteiger partial charge in [-0.2, -0.15) is 4.31 Å². The van der Waals surface area contributed by atoms with E-state index in [0.29, 0.717) is 30.2 Å². The minimum absolute atomic E-state index is 0.0144. The minimum Gasteiger partial charge on any atom is -0.488 e. The van der Waals surface area contributed by atoms with Crippen molar-refractivity contribution < 1.29 is 54.2 Å². The monoisotopic (exact) mass is 806 g/mol. The molecule has 0 saturated heterocycles. The van der Waals surface area contributed by atoms with Gasteiger partial charge in [-0.05, 0) is 110 Å². The molecule has 290 valence electrons. The van der Waals surface area contributed by atoms with Gasteiger partial charge in [0.2, 0.25) is 21.7 Å². The number of amides is 1.